The van der Waals surface area contributed by atoms with Gasteiger partial charge in [-0.2, -0.15) is 0 Å². The molecule has 1 fully saturated rings. The molecule has 4 N–H and O–H groups in total. The Morgan fingerprint density at radius 1 is 0.974 bits per heavy atom. The number of nitrogens with zero attached hydrogens (tertiary/aromatic N) is 1. The molecule has 2 heterocycles. The number of hydrogen-bond acceptors (Lipinski definition) is 5. The predicted molar refractivity (Wildman–Crippen MR) is 152 cm³/mol. The van der Waals surface area contributed by atoms with Gasteiger partial charge in [-0.1, -0.05) is 17.7 Å². The number of halogens is 1. The Morgan fingerprint density at radius 3 is 2.23 bits per heavy atom. The Labute approximate surface area is 232 Å². The number of carbonyl (C=O) groups is 2. The summed E-state index contributed by atoms with van der Waals surface area (Å²) in [6.07, 6.45) is 1.35. The van der Waals surface area contributed by atoms with Crippen molar-refractivity contribution in [3.8, 4) is 0 Å². The third-order valence-corrected chi connectivity index (χ3v) is 9.11. The van der Waals surface area contributed by atoms with Gasteiger partial charge in [-0.15, -0.1) is 0 Å². The Balaban J connectivity index is 1.40. The molecule has 2 amide bonds. The van der Waals surface area contributed by atoms with Crippen molar-refractivity contribution >= 4 is 49.8 Å². The molecule has 0 unspecified atom stereocenters. The smallest absolute Gasteiger partial charge is 0.269 e. The monoisotopic (exact) mass is 564 g/mol. The van der Waals surface area contributed by atoms with Crippen molar-refractivity contribution in [3.63, 3.8) is 0 Å². The summed E-state index contributed by atoms with van der Waals surface area (Å²) in [5.74, 6) is -0.948. The number of hydrogen-bond donors (Lipinski definition) is 3. The maximum atomic E-state index is 13.9. The fourth-order valence-corrected chi connectivity index (χ4v) is 7.12. The summed E-state index contributed by atoms with van der Waals surface area (Å²) in [4.78, 5) is 30.2. The third kappa shape index (κ3) is 5.37. The van der Waals surface area contributed by atoms with Crippen LogP contribution in [0.5, 0.6) is 0 Å². The zero-order valence-electron chi connectivity index (χ0n) is 21.6. The van der Waals surface area contributed by atoms with E-state index in [2.05, 4.69) is 15.2 Å². The minimum Gasteiger partial charge on any atom is -0.371 e. The molecule has 0 bridgehead atoms. The molecule has 1 aromatic heterocycles. The van der Waals surface area contributed by atoms with Gasteiger partial charge in [0.1, 0.15) is 10.6 Å². The Kier molecular flexibility index (Phi) is 7.13. The van der Waals surface area contributed by atoms with Crippen LogP contribution in [0.15, 0.2) is 70.5 Å². The highest BCUT2D eigenvalue weighted by Gasteiger charge is 2.31. The molecule has 202 valence electrons. The van der Waals surface area contributed by atoms with Gasteiger partial charge in [0.2, 0.25) is 15.7 Å². The van der Waals surface area contributed by atoms with Crippen molar-refractivity contribution in [2.45, 2.75) is 42.5 Å². The van der Waals surface area contributed by atoms with Crippen LogP contribution in [0.1, 0.15) is 44.8 Å². The first-order chi connectivity index (χ1) is 18.5. The van der Waals surface area contributed by atoms with E-state index < -0.39 is 21.7 Å². The Hall–Kier alpha value is -3.82. The van der Waals surface area contributed by atoms with Crippen LogP contribution >= 0.6 is 11.6 Å². The number of rotatable bonds is 6. The van der Waals surface area contributed by atoms with E-state index in [0.29, 0.717) is 47.4 Å². The number of H-pyrrole nitrogens is 1. The number of aromatic nitrogens is 1. The number of sulfone groups is 1. The predicted octanol–water partition coefficient (Wildman–Crippen LogP) is 4.77. The van der Waals surface area contributed by atoms with E-state index in [1.165, 1.54) is 0 Å². The van der Waals surface area contributed by atoms with Gasteiger partial charge in [-0.25, -0.2) is 8.42 Å². The minimum absolute atomic E-state index is 0.00380. The standard InChI is InChI=1S/C29H29ClN4O4S/c1-17-13-18(2)15-23(14-17)39(37,38)27-24-16-20(30)5-8-25(24)33-26(27)29(36)32-21-9-11-34(12-10-21)22-6-3-19(4-7-22)28(31)35/h3-8,13-16,21,33H,9-12H2,1-2H3,(H2,31,35)(H,32,36). The number of aryl methyl sites for hydroxylation is 2. The van der Waals surface area contributed by atoms with Crippen LogP contribution in [0.25, 0.3) is 10.9 Å². The first-order valence-corrected chi connectivity index (χ1v) is 14.5. The number of nitrogens with one attached hydrogen (secondary N) is 2. The number of fused-ring (bicyclic) bond motifs is 1. The van der Waals surface area contributed by atoms with Gasteiger partial charge in [0, 0.05) is 46.3 Å². The van der Waals surface area contributed by atoms with Gasteiger partial charge in [0.25, 0.3) is 5.91 Å². The fraction of sp³-hybridized carbons (Fsp3) is 0.241. The molecule has 0 aliphatic carbocycles. The zero-order chi connectivity index (χ0) is 27.9. The van der Waals surface area contributed by atoms with E-state index in [1.54, 1.807) is 42.5 Å². The number of aromatic amines is 1. The lowest BCUT2D eigenvalue weighted by Crippen LogP contribution is -2.45. The largest absolute Gasteiger partial charge is 0.371 e. The molecule has 10 heteroatoms. The maximum Gasteiger partial charge on any atom is 0.269 e. The molecule has 5 rings (SSSR count). The molecular formula is C29H29ClN4O4S. The zero-order valence-corrected chi connectivity index (χ0v) is 23.2. The van der Waals surface area contributed by atoms with Gasteiger partial charge in [0.05, 0.1) is 4.90 Å². The van der Waals surface area contributed by atoms with Crippen molar-refractivity contribution in [2.24, 2.45) is 5.73 Å². The number of primary amides is 1. The van der Waals surface area contributed by atoms with E-state index in [-0.39, 0.29) is 21.5 Å². The second-order valence-electron chi connectivity index (χ2n) is 9.99. The van der Waals surface area contributed by atoms with E-state index in [9.17, 15) is 18.0 Å². The maximum absolute atomic E-state index is 13.9. The van der Waals surface area contributed by atoms with E-state index in [0.717, 1.165) is 16.8 Å². The topological polar surface area (TPSA) is 125 Å². The molecule has 8 nitrogen and oxygen atoms in total. The summed E-state index contributed by atoms with van der Waals surface area (Å²) in [6.45, 7) is 5.06. The lowest BCUT2D eigenvalue weighted by Gasteiger charge is -2.34. The number of anilines is 1. The van der Waals surface area contributed by atoms with E-state index in [4.69, 9.17) is 17.3 Å². The molecule has 1 aliphatic heterocycles. The summed E-state index contributed by atoms with van der Waals surface area (Å²) in [5.41, 5.74) is 8.89. The first kappa shape index (κ1) is 26.8. The number of amides is 2. The highest BCUT2D eigenvalue weighted by Crippen LogP contribution is 2.34. The lowest BCUT2D eigenvalue weighted by molar-refractivity contribution is 0.0922. The van der Waals surface area contributed by atoms with E-state index in [1.807, 2.05) is 32.0 Å². The molecule has 1 aliphatic rings. The SMILES string of the molecule is Cc1cc(C)cc(S(=O)(=O)c2c(C(=O)NC3CCN(c4ccc(C(N)=O)cc4)CC3)[nH]c3ccc(Cl)cc23)c1. The molecule has 3 aromatic carbocycles. The average molecular weight is 565 g/mol. The van der Waals surface area contributed by atoms with Gasteiger partial charge < -0.3 is 20.9 Å². The van der Waals surface area contributed by atoms with Crippen molar-refractivity contribution in [1.29, 1.82) is 0 Å². The highest BCUT2D eigenvalue weighted by atomic mass is 35.5. The van der Waals surface area contributed by atoms with Crippen molar-refractivity contribution in [3.05, 3.63) is 88.1 Å². The molecule has 39 heavy (non-hydrogen) atoms. The molecule has 0 saturated carbocycles. The summed E-state index contributed by atoms with van der Waals surface area (Å²) < 4.78 is 27.9. The first-order valence-electron chi connectivity index (χ1n) is 12.6. The van der Waals surface area contributed by atoms with Crippen LogP contribution in [0.4, 0.5) is 5.69 Å². The van der Waals surface area contributed by atoms with Crippen molar-refractivity contribution in [1.82, 2.24) is 10.3 Å². The summed E-state index contributed by atoms with van der Waals surface area (Å²) in [6, 6.07) is 17.0. The number of benzene rings is 3. The number of piperidine rings is 1. The Morgan fingerprint density at radius 2 is 1.62 bits per heavy atom. The van der Waals surface area contributed by atoms with Crippen LogP contribution in [-0.4, -0.2) is 44.3 Å². The lowest BCUT2D eigenvalue weighted by atomic mass is 10.0. The Bertz CT molecular complexity index is 1670. The molecule has 4 aromatic rings. The fourth-order valence-electron chi connectivity index (χ4n) is 5.16. The third-order valence-electron chi connectivity index (χ3n) is 7.06. The van der Waals surface area contributed by atoms with Gasteiger partial charge in [-0.3, -0.25) is 9.59 Å². The van der Waals surface area contributed by atoms with Crippen LogP contribution in [0.2, 0.25) is 5.02 Å². The van der Waals surface area contributed by atoms with E-state index >= 15 is 0 Å². The normalized spacial score (nSPS) is 14.5. The minimum atomic E-state index is -4.05. The number of carbonyl (C=O) groups excluding carboxylic acids is 2. The van der Waals surface area contributed by atoms with Gasteiger partial charge in [-0.05, 0) is 92.4 Å². The molecule has 0 atom stereocenters. The van der Waals surface area contributed by atoms with Gasteiger partial charge >= 0.3 is 0 Å². The van der Waals surface area contributed by atoms with Crippen LogP contribution in [-0.2, 0) is 9.84 Å². The highest BCUT2D eigenvalue weighted by molar-refractivity contribution is 7.91. The second-order valence-corrected chi connectivity index (χ2v) is 12.3. The second kappa shape index (κ2) is 10.4. The van der Waals surface area contributed by atoms with Crippen LogP contribution in [0, 0.1) is 13.8 Å². The number of nitrogens with two attached hydrogens (primary N) is 1. The van der Waals surface area contributed by atoms with Crippen LogP contribution < -0.4 is 16.0 Å². The quantitative estimate of drug-likeness (QED) is 0.311. The van der Waals surface area contributed by atoms with Crippen molar-refractivity contribution < 1.29 is 18.0 Å². The molecular weight excluding hydrogens is 536 g/mol. The van der Waals surface area contributed by atoms with Crippen molar-refractivity contribution in [2.75, 3.05) is 18.0 Å². The molecule has 0 spiro atoms. The molecule has 0 radical (unpaired) electrons. The van der Waals surface area contributed by atoms with Crippen LogP contribution in [0.3, 0.4) is 0 Å². The summed E-state index contributed by atoms with van der Waals surface area (Å²) >= 11 is 6.23. The molecule has 1 saturated heterocycles. The average Bonchev–Trinajstić information content (AvgIpc) is 3.28. The summed E-state index contributed by atoms with van der Waals surface area (Å²) in [7, 11) is -4.05. The summed E-state index contributed by atoms with van der Waals surface area (Å²) in [5, 5.41) is 3.79. The van der Waals surface area contributed by atoms with Gasteiger partial charge in [0.15, 0.2) is 0 Å².